The number of pyridine rings is 1. The Morgan fingerprint density at radius 2 is 2.07 bits per heavy atom. The van der Waals surface area contributed by atoms with Crippen molar-refractivity contribution in [2.75, 3.05) is 13.1 Å². The third-order valence-electron chi connectivity index (χ3n) is 4.72. The number of likely N-dealkylation sites (tertiary alicyclic amines) is 1. The number of nitrogens with one attached hydrogen (secondary N) is 1. The van der Waals surface area contributed by atoms with Crippen molar-refractivity contribution in [2.24, 2.45) is 7.05 Å². The van der Waals surface area contributed by atoms with Gasteiger partial charge in [-0.2, -0.15) is 5.10 Å². The number of rotatable bonds is 4. The predicted octanol–water partition coefficient (Wildman–Crippen LogP) is 1.97. The number of thiazole rings is 1. The first kappa shape index (κ1) is 18.3. The van der Waals surface area contributed by atoms with E-state index in [1.807, 2.05) is 13.2 Å². The number of aromatic nitrogens is 4. The zero-order valence-electron chi connectivity index (χ0n) is 15.4. The molecule has 1 fully saturated rings. The highest BCUT2D eigenvalue weighted by Gasteiger charge is 2.26. The molecule has 144 valence electrons. The van der Waals surface area contributed by atoms with Crippen LogP contribution in [-0.2, 0) is 7.05 Å². The molecule has 1 aliphatic rings. The standard InChI is InChI=1S/C19H20N6O2S/c1-24-11-14(10-21-24)18-23-16(12-28-18)19(27)25-7-4-15(5-8-25)22-17(26)13-3-2-6-20-9-13/h2-3,6,9-12,15H,4-5,7-8H2,1H3,(H,22,26). The van der Waals surface area contributed by atoms with Crippen molar-refractivity contribution < 1.29 is 9.59 Å². The van der Waals surface area contributed by atoms with Gasteiger partial charge in [0.1, 0.15) is 10.7 Å². The van der Waals surface area contributed by atoms with Crippen LogP contribution in [0.25, 0.3) is 10.6 Å². The zero-order chi connectivity index (χ0) is 19.5. The Hall–Kier alpha value is -3.07. The van der Waals surface area contributed by atoms with Gasteiger partial charge in [0.25, 0.3) is 11.8 Å². The molecule has 0 unspecified atom stereocenters. The van der Waals surface area contributed by atoms with Gasteiger partial charge in [0.15, 0.2) is 0 Å². The molecule has 8 nitrogen and oxygen atoms in total. The summed E-state index contributed by atoms with van der Waals surface area (Å²) in [6.07, 6.45) is 8.25. The van der Waals surface area contributed by atoms with Crippen molar-refractivity contribution in [3.8, 4) is 10.6 Å². The van der Waals surface area contributed by atoms with Crippen LogP contribution in [0, 0.1) is 0 Å². The molecule has 1 aliphatic heterocycles. The van der Waals surface area contributed by atoms with Crippen LogP contribution in [0.3, 0.4) is 0 Å². The first-order valence-corrected chi connectivity index (χ1v) is 9.93. The Balaban J connectivity index is 1.33. The van der Waals surface area contributed by atoms with Crippen molar-refractivity contribution in [1.82, 2.24) is 30.0 Å². The lowest BCUT2D eigenvalue weighted by Crippen LogP contribution is -2.46. The first-order valence-electron chi connectivity index (χ1n) is 9.05. The third kappa shape index (κ3) is 3.94. The van der Waals surface area contributed by atoms with E-state index in [-0.39, 0.29) is 17.9 Å². The number of carbonyl (C=O) groups is 2. The maximum absolute atomic E-state index is 12.8. The second kappa shape index (κ2) is 7.89. The van der Waals surface area contributed by atoms with E-state index in [4.69, 9.17) is 0 Å². The Morgan fingerprint density at radius 3 is 2.75 bits per heavy atom. The molecule has 9 heteroatoms. The van der Waals surface area contributed by atoms with Gasteiger partial charge in [-0.05, 0) is 25.0 Å². The number of hydrogen-bond donors (Lipinski definition) is 1. The summed E-state index contributed by atoms with van der Waals surface area (Å²) < 4.78 is 1.71. The van der Waals surface area contributed by atoms with Crippen LogP contribution in [0.5, 0.6) is 0 Å². The van der Waals surface area contributed by atoms with Gasteiger partial charge < -0.3 is 10.2 Å². The number of amides is 2. The average molecular weight is 396 g/mol. The molecule has 1 N–H and O–H groups in total. The number of aryl methyl sites for hydroxylation is 1. The maximum Gasteiger partial charge on any atom is 0.273 e. The molecule has 0 saturated carbocycles. The van der Waals surface area contributed by atoms with Crippen LogP contribution in [-0.4, -0.2) is 55.6 Å². The number of piperidine rings is 1. The molecule has 3 aromatic heterocycles. The molecule has 4 heterocycles. The second-order valence-electron chi connectivity index (χ2n) is 6.72. The van der Waals surface area contributed by atoms with E-state index in [0.717, 1.165) is 23.4 Å². The van der Waals surface area contributed by atoms with Gasteiger partial charge in [0.2, 0.25) is 0 Å². The largest absolute Gasteiger partial charge is 0.349 e. The summed E-state index contributed by atoms with van der Waals surface area (Å²) in [7, 11) is 1.85. The lowest BCUT2D eigenvalue weighted by atomic mass is 10.0. The number of hydrogen-bond acceptors (Lipinski definition) is 6. The van der Waals surface area contributed by atoms with Crippen molar-refractivity contribution in [3.63, 3.8) is 0 Å². The van der Waals surface area contributed by atoms with E-state index in [9.17, 15) is 9.59 Å². The summed E-state index contributed by atoms with van der Waals surface area (Å²) in [4.78, 5) is 35.2. The quantitative estimate of drug-likeness (QED) is 0.728. The Kier molecular flexibility index (Phi) is 5.16. The third-order valence-corrected chi connectivity index (χ3v) is 5.61. The molecule has 0 atom stereocenters. The first-order chi connectivity index (χ1) is 13.6. The molecule has 3 aromatic rings. The van der Waals surface area contributed by atoms with Crippen LogP contribution in [0.2, 0.25) is 0 Å². The van der Waals surface area contributed by atoms with Gasteiger partial charge in [0.05, 0.1) is 11.8 Å². The van der Waals surface area contributed by atoms with Crippen molar-refractivity contribution in [2.45, 2.75) is 18.9 Å². The number of nitrogens with zero attached hydrogens (tertiary/aromatic N) is 5. The van der Waals surface area contributed by atoms with Crippen molar-refractivity contribution in [1.29, 1.82) is 0 Å². The molecule has 2 amide bonds. The summed E-state index contributed by atoms with van der Waals surface area (Å²) in [5.41, 5.74) is 1.91. The smallest absolute Gasteiger partial charge is 0.273 e. The van der Waals surface area contributed by atoms with E-state index < -0.39 is 0 Å². The molecular weight excluding hydrogens is 376 g/mol. The van der Waals surface area contributed by atoms with E-state index in [2.05, 4.69) is 20.4 Å². The highest BCUT2D eigenvalue weighted by Crippen LogP contribution is 2.24. The van der Waals surface area contributed by atoms with Gasteiger partial charge in [-0.1, -0.05) is 0 Å². The van der Waals surface area contributed by atoms with Crippen LogP contribution in [0.1, 0.15) is 33.7 Å². The number of carbonyl (C=O) groups excluding carboxylic acids is 2. The van der Waals surface area contributed by atoms with Gasteiger partial charge >= 0.3 is 0 Å². The van der Waals surface area contributed by atoms with Crippen molar-refractivity contribution in [3.05, 3.63) is 53.6 Å². The van der Waals surface area contributed by atoms with Gasteiger partial charge in [-0.25, -0.2) is 4.98 Å². The molecular formula is C19H20N6O2S. The summed E-state index contributed by atoms with van der Waals surface area (Å²) in [6, 6.07) is 3.53. The molecule has 4 rings (SSSR count). The van der Waals surface area contributed by atoms with Crippen molar-refractivity contribution >= 4 is 23.2 Å². The molecule has 0 radical (unpaired) electrons. The molecule has 1 saturated heterocycles. The average Bonchev–Trinajstić information content (AvgIpc) is 3.38. The van der Waals surface area contributed by atoms with Crippen LogP contribution < -0.4 is 5.32 Å². The Morgan fingerprint density at radius 1 is 1.25 bits per heavy atom. The monoisotopic (exact) mass is 396 g/mol. The Bertz CT molecular complexity index is 975. The predicted molar refractivity (Wildman–Crippen MR) is 105 cm³/mol. The molecule has 0 aromatic carbocycles. The Labute approximate surface area is 166 Å². The fourth-order valence-corrected chi connectivity index (χ4v) is 3.96. The highest BCUT2D eigenvalue weighted by atomic mass is 32.1. The van der Waals surface area contributed by atoms with Gasteiger partial charge in [0, 0.05) is 55.7 Å². The normalized spacial score (nSPS) is 14.8. The minimum atomic E-state index is -0.126. The maximum atomic E-state index is 12.8. The van der Waals surface area contributed by atoms with Gasteiger partial charge in [-0.15, -0.1) is 11.3 Å². The molecule has 0 spiro atoms. The van der Waals surface area contributed by atoms with Crippen LogP contribution >= 0.6 is 11.3 Å². The second-order valence-corrected chi connectivity index (χ2v) is 7.58. The minimum Gasteiger partial charge on any atom is -0.349 e. The summed E-state index contributed by atoms with van der Waals surface area (Å²) in [5, 5.41) is 9.74. The summed E-state index contributed by atoms with van der Waals surface area (Å²) in [5.74, 6) is -0.193. The van der Waals surface area contributed by atoms with Gasteiger partial charge in [-0.3, -0.25) is 19.3 Å². The minimum absolute atomic E-state index is 0.0538. The fourth-order valence-electron chi connectivity index (χ4n) is 3.19. The van der Waals surface area contributed by atoms with Crippen LogP contribution in [0.4, 0.5) is 0 Å². The van der Waals surface area contributed by atoms with Crippen LogP contribution in [0.15, 0.2) is 42.3 Å². The molecule has 0 aliphatic carbocycles. The fraction of sp³-hybridized carbons (Fsp3) is 0.316. The highest BCUT2D eigenvalue weighted by molar-refractivity contribution is 7.13. The van der Waals surface area contributed by atoms with E-state index in [1.54, 1.807) is 45.7 Å². The molecule has 0 bridgehead atoms. The molecule has 28 heavy (non-hydrogen) atoms. The SMILES string of the molecule is Cn1cc(-c2nc(C(=O)N3CCC(NC(=O)c4cccnc4)CC3)cs2)cn1. The lowest BCUT2D eigenvalue weighted by Gasteiger charge is -2.32. The summed E-state index contributed by atoms with van der Waals surface area (Å²) in [6.45, 7) is 1.19. The van der Waals surface area contributed by atoms with E-state index in [1.165, 1.54) is 11.3 Å². The summed E-state index contributed by atoms with van der Waals surface area (Å²) >= 11 is 1.44. The van der Waals surface area contributed by atoms with E-state index in [0.29, 0.717) is 24.3 Å². The zero-order valence-corrected chi connectivity index (χ0v) is 16.2. The topological polar surface area (TPSA) is 93.0 Å². The van der Waals surface area contributed by atoms with E-state index >= 15 is 0 Å². The lowest BCUT2D eigenvalue weighted by molar-refractivity contribution is 0.0693.